The van der Waals surface area contributed by atoms with Crippen LogP contribution in [0, 0.1) is 0 Å². The zero-order valence-electron chi connectivity index (χ0n) is 14.2. The van der Waals surface area contributed by atoms with Crippen molar-refractivity contribution in [2.24, 2.45) is 0 Å². The van der Waals surface area contributed by atoms with Crippen LogP contribution in [0.15, 0.2) is 33.7 Å². The average Bonchev–Trinajstić information content (AvgIpc) is 3.27. The fourth-order valence-electron chi connectivity index (χ4n) is 1.66. The fourth-order valence-corrected chi connectivity index (χ4v) is 3.04. The molecule has 2 aromatic heterocycles. The van der Waals surface area contributed by atoms with E-state index in [0.29, 0.717) is 36.1 Å². The Morgan fingerprint density at radius 2 is 1.31 bits per heavy atom. The minimum absolute atomic E-state index is 0.469. The highest BCUT2D eigenvalue weighted by Gasteiger charge is 2.21. The smallest absolute Gasteiger partial charge is 0.369 e. The number of carbonyl (C=O) groups excluding carboxylic acids is 2. The van der Waals surface area contributed by atoms with E-state index in [-0.39, 0.29) is 0 Å². The first kappa shape index (κ1) is 19.6. The van der Waals surface area contributed by atoms with Crippen LogP contribution in [-0.2, 0) is 19.3 Å². The summed E-state index contributed by atoms with van der Waals surface area (Å²) in [6, 6.07) is 0. The Balaban J connectivity index is 1.83. The van der Waals surface area contributed by atoms with Gasteiger partial charge in [-0.05, 0) is 13.8 Å². The molecular formula is C16H18N2O6S2. The number of carbonyl (C=O) groups is 2. The van der Waals surface area contributed by atoms with E-state index in [0.717, 1.165) is 0 Å². The van der Waals surface area contributed by atoms with Gasteiger partial charge in [-0.25, -0.2) is 20.5 Å². The van der Waals surface area contributed by atoms with Gasteiger partial charge in [0.2, 0.25) is 0 Å². The van der Waals surface area contributed by atoms with E-state index < -0.39 is 17.5 Å². The van der Waals surface area contributed by atoms with E-state index in [1.165, 1.54) is 22.7 Å². The van der Waals surface area contributed by atoms with Crippen molar-refractivity contribution >= 4 is 46.0 Å². The van der Waals surface area contributed by atoms with Crippen LogP contribution in [0.25, 0.3) is 0 Å². The molecule has 0 aliphatic carbocycles. The zero-order valence-corrected chi connectivity index (χ0v) is 15.8. The second-order valence-electron chi connectivity index (χ2n) is 4.63. The number of rotatable bonds is 10. The largest absolute Gasteiger partial charge is 0.491 e. The van der Waals surface area contributed by atoms with Gasteiger partial charge in [-0.15, -0.1) is 22.7 Å². The van der Waals surface area contributed by atoms with Crippen molar-refractivity contribution in [3.05, 3.63) is 33.7 Å². The number of anilines is 2. The minimum atomic E-state index is -0.971. The minimum Gasteiger partial charge on any atom is -0.491 e. The van der Waals surface area contributed by atoms with Gasteiger partial charge in [-0.2, -0.15) is 0 Å². The van der Waals surface area contributed by atoms with Gasteiger partial charge in [0.05, 0.1) is 13.2 Å². The van der Waals surface area contributed by atoms with Crippen LogP contribution in [0.1, 0.15) is 13.8 Å². The Labute approximate surface area is 158 Å². The molecule has 0 aliphatic rings. The van der Waals surface area contributed by atoms with E-state index in [1.54, 1.807) is 21.5 Å². The number of thiophene rings is 2. The van der Waals surface area contributed by atoms with Gasteiger partial charge in [0.25, 0.3) is 0 Å². The van der Waals surface area contributed by atoms with E-state index in [4.69, 9.17) is 19.1 Å². The van der Waals surface area contributed by atoms with E-state index in [2.05, 4.69) is 17.5 Å². The third-order valence-corrected chi connectivity index (χ3v) is 4.30. The number of hydrogen-bond acceptors (Lipinski definition) is 10. The molecule has 0 aliphatic heterocycles. The molecule has 0 fully saturated rings. The maximum atomic E-state index is 11.9. The third kappa shape index (κ3) is 5.14. The molecule has 0 atom stereocenters. The lowest BCUT2D eigenvalue weighted by molar-refractivity contribution is -0.144. The maximum absolute atomic E-state index is 11.9. The molecule has 2 N–H and O–H groups in total. The summed E-state index contributed by atoms with van der Waals surface area (Å²) in [4.78, 5) is 33.5. The first-order valence-corrected chi connectivity index (χ1v) is 9.46. The first-order valence-electron chi connectivity index (χ1n) is 7.58. The molecule has 10 heteroatoms. The predicted molar refractivity (Wildman–Crippen MR) is 99.5 cm³/mol. The SMILES string of the molecule is C=C(C(=O)ONc1cscc1OCC)C(=O)ONc1cscc1OCC. The van der Waals surface area contributed by atoms with Crippen molar-refractivity contribution in [2.45, 2.75) is 13.8 Å². The molecule has 0 unspecified atom stereocenters. The van der Waals surface area contributed by atoms with Crippen LogP contribution >= 0.6 is 22.7 Å². The average molecular weight is 398 g/mol. The quantitative estimate of drug-likeness (QED) is 0.271. The van der Waals surface area contributed by atoms with Crippen LogP contribution < -0.4 is 20.4 Å². The van der Waals surface area contributed by atoms with Crippen molar-refractivity contribution in [3.63, 3.8) is 0 Å². The normalized spacial score (nSPS) is 9.92. The maximum Gasteiger partial charge on any atom is 0.369 e. The first-order chi connectivity index (χ1) is 12.6. The van der Waals surface area contributed by atoms with Gasteiger partial charge in [-0.1, -0.05) is 6.58 Å². The molecule has 0 amide bonds. The predicted octanol–water partition coefficient (Wildman–Crippen LogP) is 3.60. The van der Waals surface area contributed by atoms with Crippen LogP contribution in [0.3, 0.4) is 0 Å². The van der Waals surface area contributed by atoms with Gasteiger partial charge < -0.3 is 19.1 Å². The fraction of sp³-hybridized carbons (Fsp3) is 0.250. The molecule has 0 bridgehead atoms. The van der Waals surface area contributed by atoms with E-state index in [1.807, 2.05) is 13.8 Å². The Morgan fingerprint density at radius 3 is 1.69 bits per heavy atom. The Kier molecular flexibility index (Phi) is 7.30. The van der Waals surface area contributed by atoms with Crippen LogP contribution in [0.2, 0.25) is 0 Å². The second kappa shape index (κ2) is 9.68. The molecule has 2 aromatic rings. The van der Waals surface area contributed by atoms with Crippen molar-refractivity contribution in [3.8, 4) is 11.5 Å². The van der Waals surface area contributed by atoms with Gasteiger partial charge in [0.15, 0.2) is 11.5 Å². The Morgan fingerprint density at radius 1 is 0.885 bits per heavy atom. The monoisotopic (exact) mass is 398 g/mol. The van der Waals surface area contributed by atoms with Crippen molar-refractivity contribution in [1.29, 1.82) is 0 Å². The molecule has 0 aromatic carbocycles. The van der Waals surface area contributed by atoms with Crippen molar-refractivity contribution < 1.29 is 28.7 Å². The van der Waals surface area contributed by atoms with E-state index >= 15 is 0 Å². The number of ether oxygens (including phenoxy) is 2. The highest BCUT2D eigenvalue weighted by atomic mass is 32.1. The van der Waals surface area contributed by atoms with Gasteiger partial charge in [-0.3, -0.25) is 0 Å². The van der Waals surface area contributed by atoms with Gasteiger partial charge >= 0.3 is 11.9 Å². The lowest BCUT2D eigenvalue weighted by atomic mass is 10.3. The zero-order chi connectivity index (χ0) is 18.9. The number of nitrogens with one attached hydrogen (secondary N) is 2. The standard InChI is InChI=1S/C16H18N2O6S2/c1-4-21-13-8-25-6-11(13)17-23-15(19)10(3)16(20)24-18-12-7-26-9-14(12)22-5-2/h6-9,17-18H,3-5H2,1-2H3. The molecule has 0 saturated heterocycles. The molecule has 26 heavy (non-hydrogen) atoms. The summed E-state index contributed by atoms with van der Waals surface area (Å²) in [6.45, 7) is 7.99. The van der Waals surface area contributed by atoms with Crippen LogP contribution in [-0.4, -0.2) is 25.2 Å². The van der Waals surface area contributed by atoms with E-state index in [9.17, 15) is 9.59 Å². The van der Waals surface area contributed by atoms with Crippen molar-refractivity contribution in [2.75, 3.05) is 24.2 Å². The lowest BCUT2D eigenvalue weighted by Crippen LogP contribution is -2.21. The third-order valence-electron chi connectivity index (χ3n) is 2.85. The topological polar surface area (TPSA) is 95.1 Å². The summed E-state index contributed by atoms with van der Waals surface area (Å²) < 4.78 is 10.7. The lowest BCUT2D eigenvalue weighted by Gasteiger charge is -2.10. The van der Waals surface area contributed by atoms with Gasteiger partial charge in [0.1, 0.15) is 16.9 Å². The van der Waals surface area contributed by atoms with Gasteiger partial charge in [0, 0.05) is 21.5 Å². The van der Waals surface area contributed by atoms with Crippen LogP contribution in [0.5, 0.6) is 11.5 Å². The molecular weight excluding hydrogens is 380 g/mol. The Hall–Kier alpha value is -2.72. The second-order valence-corrected chi connectivity index (χ2v) is 6.11. The molecule has 8 nitrogen and oxygen atoms in total. The number of hydrogen-bond donors (Lipinski definition) is 2. The Bertz CT molecular complexity index is 708. The summed E-state index contributed by atoms with van der Waals surface area (Å²) >= 11 is 2.74. The van der Waals surface area contributed by atoms with Crippen molar-refractivity contribution in [1.82, 2.24) is 0 Å². The molecule has 0 radical (unpaired) electrons. The molecule has 140 valence electrons. The van der Waals surface area contributed by atoms with Crippen LogP contribution in [0.4, 0.5) is 11.4 Å². The molecule has 0 saturated carbocycles. The highest BCUT2D eigenvalue weighted by molar-refractivity contribution is 7.09. The highest BCUT2D eigenvalue weighted by Crippen LogP contribution is 2.30. The molecule has 2 heterocycles. The molecule has 2 rings (SSSR count). The summed E-state index contributed by atoms with van der Waals surface area (Å²) in [5.74, 6) is -0.858. The summed E-state index contributed by atoms with van der Waals surface area (Å²) in [5.41, 5.74) is 5.35. The summed E-state index contributed by atoms with van der Waals surface area (Å²) in [6.07, 6.45) is 0. The molecule has 0 spiro atoms. The summed E-state index contributed by atoms with van der Waals surface area (Å²) in [7, 11) is 0. The summed E-state index contributed by atoms with van der Waals surface area (Å²) in [5, 5.41) is 6.91.